The maximum atomic E-state index is 12.9. The molecule has 0 spiro atoms. The molecule has 0 fully saturated rings. The van der Waals surface area contributed by atoms with E-state index in [0.29, 0.717) is 10.6 Å². The zero-order valence-electron chi connectivity index (χ0n) is 13.2. The van der Waals surface area contributed by atoms with Gasteiger partial charge in [0.2, 0.25) is 5.91 Å². The SMILES string of the molecule is C[C@H](NC(=O)CCNC(=O)c1ccccc1Cl)c1ccc(F)cc1. The number of benzene rings is 2. The van der Waals surface area contributed by atoms with Gasteiger partial charge in [0.05, 0.1) is 16.6 Å². The minimum absolute atomic E-state index is 0.141. The third kappa shape index (κ3) is 5.06. The quantitative estimate of drug-likeness (QED) is 0.839. The van der Waals surface area contributed by atoms with Crippen molar-refractivity contribution in [3.8, 4) is 0 Å². The molecule has 0 aromatic heterocycles. The van der Waals surface area contributed by atoms with E-state index in [4.69, 9.17) is 11.6 Å². The Morgan fingerprint density at radius 2 is 1.79 bits per heavy atom. The molecule has 1 atom stereocenters. The van der Waals surface area contributed by atoms with Crippen LogP contribution in [0.5, 0.6) is 0 Å². The molecule has 0 saturated carbocycles. The summed E-state index contributed by atoms with van der Waals surface area (Å²) in [5, 5.41) is 5.82. The summed E-state index contributed by atoms with van der Waals surface area (Å²) in [7, 11) is 0. The summed E-state index contributed by atoms with van der Waals surface area (Å²) in [4.78, 5) is 23.9. The van der Waals surface area contributed by atoms with Gasteiger partial charge >= 0.3 is 0 Å². The summed E-state index contributed by atoms with van der Waals surface area (Å²) >= 11 is 5.94. The van der Waals surface area contributed by atoms with Gasteiger partial charge in [-0.15, -0.1) is 0 Å². The second-order valence-corrected chi connectivity index (χ2v) is 5.73. The Hall–Kier alpha value is -2.40. The molecule has 2 rings (SSSR count). The largest absolute Gasteiger partial charge is 0.351 e. The van der Waals surface area contributed by atoms with E-state index >= 15 is 0 Å². The summed E-state index contributed by atoms with van der Waals surface area (Å²) < 4.78 is 12.9. The molecule has 0 heterocycles. The van der Waals surface area contributed by atoms with Crippen molar-refractivity contribution in [2.45, 2.75) is 19.4 Å². The van der Waals surface area contributed by atoms with Crippen molar-refractivity contribution in [2.75, 3.05) is 6.54 Å². The van der Waals surface area contributed by atoms with Crippen LogP contribution >= 0.6 is 11.6 Å². The topological polar surface area (TPSA) is 58.2 Å². The summed E-state index contributed by atoms with van der Waals surface area (Å²) in [5.74, 6) is -0.842. The van der Waals surface area contributed by atoms with E-state index in [1.165, 1.54) is 12.1 Å². The highest BCUT2D eigenvalue weighted by atomic mass is 35.5. The fourth-order valence-electron chi connectivity index (χ4n) is 2.18. The van der Waals surface area contributed by atoms with E-state index < -0.39 is 0 Å². The Bertz CT molecular complexity index is 719. The minimum atomic E-state index is -0.320. The minimum Gasteiger partial charge on any atom is -0.351 e. The van der Waals surface area contributed by atoms with Crippen molar-refractivity contribution in [1.82, 2.24) is 10.6 Å². The van der Waals surface area contributed by atoms with Crippen LogP contribution in [0.15, 0.2) is 48.5 Å². The maximum absolute atomic E-state index is 12.9. The number of carbonyl (C=O) groups excluding carboxylic acids is 2. The molecule has 0 aliphatic heterocycles. The number of rotatable bonds is 6. The zero-order chi connectivity index (χ0) is 17.5. The van der Waals surface area contributed by atoms with E-state index in [0.717, 1.165) is 5.56 Å². The second kappa shape index (κ2) is 8.45. The number of hydrogen-bond acceptors (Lipinski definition) is 2. The molecule has 0 aliphatic carbocycles. The molecular formula is C18H18ClFN2O2. The zero-order valence-corrected chi connectivity index (χ0v) is 13.9. The van der Waals surface area contributed by atoms with Crippen LogP contribution in [0.3, 0.4) is 0 Å². The van der Waals surface area contributed by atoms with Gasteiger partial charge in [-0.25, -0.2) is 4.39 Å². The molecular weight excluding hydrogens is 331 g/mol. The number of halogens is 2. The lowest BCUT2D eigenvalue weighted by Crippen LogP contribution is -2.32. The van der Waals surface area contributed by atoms with E-state index in [2.05, 4.69) is 10.6 Å². The van der Waals surface area contributed by atoms with Gasteiger partial charge in [0.1, 0.15) is 5.82 Å². The van der Waals surface area contributed by atoms with Crippen LogP contribution in [0.25, 0.3) is 0 Å². The average molecular weight is 349 g/mol. The highest BCUT2D eigenvalue weighted by molar-refractivity contribution is 6.33. The Morgan fingerprint density at radius 1 is 1.12 bits per heavy atom. The maximum Gasteiger partial charge on any atom is 0.252 e. The van der Waals surface area contributed by atoms with Crippen molar-refractivity contribution >= 4 is 23.4 Å². The Morgan fingerprint density at radius 3 is 2.46 bits per heavy atom. The van der Waals surface area contributed by atoms with Crippen molar-refractivity contribution in [2.24, 2.45) is 0 Å². The van der Waals surface area contributed by atoms with Crippen LogP contribution in [-0.4, -0.2) is 18.4 Å². The third-order valence-corrected chi connectivity index (χ3v) is 3.83. The van der Waals surface area contributed by atoms with E-state index in [1.807, 2.05) is 6.92 Å². The molecule has 6 heteroatoms. The molecule has 24 heavy (non-hydrogen) atoms. The molecule has 0 aliphatic rings. The van der Waals surface area contributed by atoms with Crippen LogP contribution in [0.4, 0.5) is 4.39 Å². The van der Waals surface area contributed by atoms with E-state index in [9.17, 15) is 14.0 Å². The van der Waals surface area contributed by atoms with Crippen LogP contribution in [0, 0.1) is 5.82 Å². The van der Waals surface area contributed by atoms with Gasteiger partial charge in [-0.05, 0) is 36.8 Å². The number of hydrogen-bond donors (Lipinski definition) is 2. The van der Waals surface area contributed by atoms with Crippen molar-refractivity contribution < 1.29 is 14.0 Å². The van der Waals surface area contributed by atoms with Gasteiger partial charge in [0.15, 0.2) is 0 Å². The Kier molecular flexibility index (Phi) is 6.32. The molecule has 4 nitrogen and oxygen atoms in total. The first-order valence-electron chi connectivity index (χ1n) is 7.55. The van der Waals surface area contributed by atoms with Gasteiger partial charge in [-0.2, -0.15) is 0 Å². The van der Waals surface area contributed by atoms with E-state index in [1.54, 1.807) is 36.4 Å². The average Bonchev–Trinajstić information content (AvgIpc) is 2.55. The first-order chi connectivity index (χ1) is 11.5. The molecule has 0 bridgehead atoms. The van der Waals surface area contributed by atoms with E-state index in [-0.39, 0.29) is 36.6 Å². The van der Waals surface area contributed by atoms with Crippen LogP contribution in [-0.2, 0) is 4.79 Å². The monoisotopic (exact) mass is 348 g/mol. The molecule has 0 unspecified atom stereocenters. The molecule has 0 saturated heterocycles. The van der Waals surface area contributed by atoms with Crippen molar-refractivity contribution in [3.63, 3.8) is 0 Å². The molecule has 0 radical (unpaired) electrons. The van der Waals surface area contributed by atoms with Crippen LogP contribution in [0.2, 0.25) is 5.02 Å². The molecule has 2 aromatic carbocycles. The Balaban J connectivity index is 1.78. The van der Waals surface area contributed by atoms with Gasteiger partial charge < -0.3 is 10.6 Å². The molecule has 2 aromatic rings. The predicted molar refractivity (Wildman–Crippen MR) is 91.4 cm³/mol. The lowest BCUT2D eigenvalue weighted by atomic mass is 10.1. The Labute approximate surface area is 145 Å². The van der Waals surface area contributed by atoms with Crippen LogP contribution in [0.1, 0.15) is 35.3 Å². The number of carbonyl (C=O) groups is 2. The smallest absolute Gasteiger partial charge is 0.252 e. The summed E-state index contributed by atoms with van der Waals surface area (Å²) in [6.07, 6.45) is 0.141. The molecule has 2 N–H and O–H groups in total. The van der Waals surface area contributed by atoms with Gasteiger partial charge in [-0.1, -0.05) is 35.9 Å². The predicted octanol–water partition coefficient (Wildman–Crippen LogP) is 3.48. The number of nitrogens with one attached hydrogen (secondary N) is 2. The summed E-state index contributed by atoms with van der Waals surface area (Å²) in [6, 6.07) is 12.4. The number of amides is 2. The van der Waals surface area contributed by atoms with Crippen molar-refractivity contribution in [1.29, 1.82) is 0 Å². The first-order valence-corrected chi connectivity index (χ1v) is 7.92. The fourth-order valence-corrected chi connectivity index (χ4v) is 2.40. The highest BCUT2D eigenvalue weighted by Gasteiger charge is 2.12. The molecule has 126 valence electrons. The lowest BCUT2D eigenvalue weighted by Gasteiger charge is -2.14. The van der Waals surface area contributed by atoms with Gasteiger partial charge in [0, 0.05) is 13.0 Å². The molecule has 2 amide bonds. The highest BCUT2D eigenvalue weighted by Crippen LogP contribution is 2.15. The first kappa shape index (κ1) is 17.9. The summed E-state index contributed by atoms with van der Waals surface area (Å²) in [6.45, 7) is 2.01. The van der Waals surface area contributed by atoms with Gasteiger partial charge in [0.25, 0.3) is 5.91 Å². The summed E-state index contributed by atoms with van der Waals surface area (Å²) in [5.41, 5.74) is 1.18. The normalized spacial score (nSPS) is 11.6. The fraction of sp³-hybridized carbons (Fsp3) is 0.222. The van der Waals surface area contributed by atoms with Crippen LogP contribution < -0.4 is 10.6 Å². The third-order valence-electron chi connectivity index (χ3n) is 3.50. The standard InChI is InChI=1S/C18H18ClFN2O2/c1-12(13-6-8-14(20)9-7-13)22-17(23)10-11-21-18(24)15-4-2-3-5-16(15)19/h2-9,12H,10-11H2,1H3,(H,21,24)(H,22,23)/t12-/m0/s1. The second-order valence-electron chi connectivity index (χ2n) is 5.33. The van der Waals surface area contributed by atoms with Gasteiger partial charge in [-0.3, -0.25) is 9.59 Å². The lowest BCUT2D eigenvalue weighted by molar-refractivity contribution is -0.121. The van der Waals surface area contributed by atoms with Crippen molar-refractivity contribution in [3.05, 3.63) is 70.5 Å².